The summed E-state index contributed by atoms with van der Waals surface area (Å²) in [4.78, 5) is 34.2. The molecule has 4 heterocycles. The van der Waals surface area contributed by atoms with Crippen LogP contribution in [0.25, 0.3) is 44.3 Å². The molecule has 6 aromatic rings. The lowest BCUT2D eigenvalue weighted by molar-refractivity contribution is 0.480. The van der Waals surface area contributed by atoms with E-state index in [1.54, 1.807) is 30.9 Å². The van der Waals surface area contributed by atoms with Crippen LogP contribution in [0, 0.1) is 0 Å². The predicted molar refractivity (Wildman–Crippen MR) is 139 cm³/mol. The Hall–Kier alpha value is -4.31. The second-order valence-electron chi connectivity index (χ2n) is 8.44. The molecule has 35 heavy (non-hydrogen) atoms. The van der Waals surface area contributed by atoms with Crippen molar-refractivity contribution in [2.75, 3.05) is 5.73 Å². The smallest absolute Gasteiger partial charge is 0.275 e. The van der Waals surface area contributed by atoms with Crippen LogP contribution in [0.2, 0.25) is 0 Å². The minimum absolute atomic E-state index is 0.0954. The number of nitrogens with one attached hydrogen (secondary N) is 4. The number of aromatic hydroxyl groups is 1. The van der Waals surface area contributed by atoms with Crippen LogP contribution in [-0.4, -0.2) is 35.0 Å². The van der Waals surface area contributed by atoms with Crippen LogP contribution < -0.4 is 11.3 Å². The summed E-state index contributed by atoms with van der Waals surface area (Å²) in [6, 6.07) is 9.33. The highest BCUT2D eigenvalue weighted by Gasteiger charge is 2.21. The molecule has 0 amide bonds. The van der Waals surface area contributed by atoms with Gasteiger partial charge in [0.1, 0.15) is 11.4 Å². The van der Waals surface area contributed by atoms with Crippen molar-refractivity contribution in [2.45, 2.75) is 12.8 Å². The van der Waals surface area contributed by atoms with Gasteiger partial charge in [0.05, 0.1) is 23.6 Å². The highest BCUT2D eigenvalue weighted by molar-refractivity contribution is 9.10. The number of nitrogens with zero attached hydrogens (tertiary/aromatic N) is 2. The second kappa shape index (κ2) is 7.88. The molecule has 0 bridgehead atoms. The molecule has 1 unspecified atom stereocenters. The van der Waals surface area contributed by atoms with Gasteiger partial charge in [0.15, 0.2) is 5.95 Å². The van der Waals surface area contributed by atoms with Crippen LogP contribution >= 0.6 is 15.9 Å². The Morgan fingerprint density at radius 1 is 1.03 bits per heavy atom. The van der Waals surface area contributed by atoms with Crippen molar-refractivity contribution in [2.24, 2.45) is 0 Å². The summed E-state index contributed by atoms with van der Waals surface area (Å²) in [5.74, 6) is 0.357. The van der Waals surface area contributed by atoms with E-state index in [9.17, 15) is 9.90 Å². The largest absolute Gasteiger partial charge is 0.506 e. The zero-order valence-electron chi connectivity index (χ0n) is 18.5. The highest BCUT2D eigenvalue weighted by atomic mass is 79.9. The van der Waals surface area contributed by atoms with Gasteiger partial charge in [-0.3, -0.25) is 4.79 Å². The average molecular weight is 530 g/mol. The Morgan fingerprint density at radius 2 is 1.86 bits per heavy atom. The van der Waals surface area contributed by atoms with Crippen molar-refractivity contribution in [1.82, 2.24) is 29.9 Å². The zero-order valence-corrected chi connectivity index (χ0v) is 20.1. The molecular weight excluding hydrogens is 510 g/mol. The van der Waals surface area contributed by atoms with Crippen molar-refractivity contribution in [1.29, 1.82) is 0 Å². The molecule has 7 N–H and O–H groups in total. The number of anilines is 1. The Balaban J connectivity index is 1.49. The van der Waals surface area contributed by atoms with Gasteiger partial charge in [0, 0.05) is 55.9 Å². The maximum atomic E-state index is 13.2. The van der Waals surface area contributed by atoms with Gasteiger partial charge in [0.25, 0.3) is 5.56 Å². The SMILES string of the molecule is CC(c1cnc(N)[nH]1)c1ccc(O)c2[nH]cc(-c3cnc(-c4c[nH]c5cc(Br)ccc45)c(=O)[nH]3)c12. The molecule has 0 aliphatic rings. The summed E-state index contributed by atoms with van der Waals surface area (Å²) in [5, 5.41) is 12.2. The van der Waals surface area contributed by atoms with Gasteiger partial charge in [-0.2, -0.15) is 0 Å². The topological polar surface area (TPSA) is 152 Å². The Bertz CT molecular complexity index is 1790. The van der Waals surface area contributed by atoms with Gasteiger partial charge < -0.3 is 30.8 Å². The number of imidazole rings is 1. The van der Waals surface area contributed by atoms with Crippen LogP contribution in [0.4, 0.5) is 5.95 Å². The third-order valence-electron chi connectivity index (χ3n) is 6.37. The standard InChI is InChI=1S/C25H20BrN7O2/c1-11(18-9-31-25(27)33-18)13-4-5-20(34)23-21(13)16(8-29-23)19-10-30-22(24(35)32-19)15-7-28-17-6-12(26)2-3-14(15)17/h2-11,28-29,34H,1H3,(H,32,35)(H3,27,31,33). The Kier molecular flexibility index (Phi) is 4.78. The van der Waals surface area contributed by atoms with E-state index in [1.807, 2.05) is 31.2 Å². The van der Waals surface area contributed by atoms with Crippen molar-refractivity contribution < 1.29 is 5.11 Å². The molecule has 0 aliphatic heterocycles. The van der Waals surface area contributed by atoms with Gasteiger partial charge in [-0.25, -0.2) is 9.97 Å². The zero-order chi connectivity index (χ0) is 24.3. The fourth-order valence-electron chi connectivity index (χ4n) is 4.60. The third kappa shape index (κ3) is 3.41. The molecule has 0 spiro atoms. The fraction of sp³-hybridized carbons (Fsp3) is 0.0800. The van der Waals surface area contributed by atoms with Gasteiger partial charge in [-0.15, -0.1) is 0 Å². The van der Waals surface area contributed by atoms with Crippen molar-refractivity contribution in [3.8, 4) is 28.3 Å². The average Bonchev–Trinajstić information content (AvgIpc) is 3.57. The summed E-state index contributed by atoms with van der Waals surface area (Å²) in [6.45, 7) is 2.02. The van der Waals surface area contributed by atoms with E-state index in [2.05, 4.69) is 45.8 Å². The quantitative estimate of drug-likeness (QED) is 0.190. The first-order valence-corrected chi connectivity index (χ1v) is 11.7. The number of halogens is 1. The molecule has 1 atom stereocenters. The second-order valence-corrected chi connectivity index (χ2v) is 9.35. The van der Waals surface area contributed by atoms with Gasteiger partial charge >= 0.3 is 0 Å². The van der Waals surface area contributed by atoms with E-state index >= 15 is 0 Å². The molecule has 0 saturated carbocycles. The number of phenolic OH excluding ortho intramolecular Hbond substituents is 1. The first kappa shape index (κ1) is 21.2. The number of fused-ring (bicyclic) bond motifs is 2. The summed E-state index contributed by atoms with van der Waals surface area (Å²) in [5.41, 5.74) is 11.0. The molecule has 0 fully saturated rings. The number of rotatable bonds is 4. The van der Waals surface area contributed by atoms with Crippen LogP contribution in [0.1, 0.15) is 24.1 Å². The maximum Gasteiger partial charge on any atom is 0.275 e. The van der Waals surface area contributed by atoms with Crippen LogP contribution in [0.5, 0.6) is 5.75 Å². The van der Waals surface area contributed by atoms with Gasteiger partial charge in [0.2, 0.25) is 0 Å². The van der Waals surface area contributed by atoms with E-state index in [1.165, 1.54) is 0 Å². The van der Waals surface area contributed by atoms with Crippen molar-refractivity contribution in [3.63, 3.8) is 0 Å². The number of aromatic nitrogens is 6. The Morgan fingerprint density at radius 3 is 2.63 bits per heavy atom. The minimum atomic E-state index is -0.309. The number of aromatic amines is 4. The van der Waals surface area contributed by atoms with E-state index in [-0.39, 0.29) is 17.2 Å². The van der Waals surface area contributed by atoms with Crippen LogP contribution in [0.15, 0.2) is 64.4 Å². The van der Waals surface area contributed by atoms with E-state index < -0.39 is 0 Å². The lowest BCUT2D eigenvalue weighted by Crippen LogP contribution is -2.11. The first-order valence-electron chi connectivity index (χ1n) is 10.9. The van der Waals surface area contributed by atoms with Gasteiger partial charge in [-0.1, -0.05) is 35.0 Å². The van der Waals surface area contributed by atoms with E-state index in [0.29, 0.717) is 22.9 Å². The molecular formula is C25H20BrN7O2. The van der Waals surface area contributed by atoms with Crippen molar-refractivity contribution in [3.05, 3.63) is 81.2 Å². The number of nitrogens with two attached hydrogens (primary N) is 1. The normalized spacial score (nSPS) is 12.5. The number of benzene rings is 2. The number of hydrogen-bond donors (Lipinski definition) is 6. The van der Waals surface area contributed by atoms with Gasteiger partial charge in [-0.05, 0) is 23.8 Å². The third-order valence-corrected chi connectivity index (χ3v) is 6.86. The molecule has 0 aliphatic carbocycles. The Labute approximate surface area is 206 Å². The molecule has 6 rings (SSSR count). The molecule has 4 aromatic heterocycles. The molecule has 174 valence electrons. The lowest BCUT2D eigenvalue weighted by atomic mass is 9.92. The summed E-state index contributed by atoms with van der Waals surface area (Å²) in [6.07, 6.45) is 6.89. The molecule has 9 nitrogen and oxygen atoms in total. The molecule has 0 saturated heterocycles. The van der Waals surface area contributed by atoms with Crippen LogP contribution in [0.3, 0.4) is 0 Å². The number of H-pyrrole nitrogens is 4. The lowest BCUT2D eigenvalue weighted by Gasteiger charge is -2.14. The number of hydrogen-bond acceptors (Lipinski definition) is 5. The molecule has 2 aromatic carbocycles. The maximum absolute atomic E-state index is 13.2. The summed E-state index contributed by atoms with van der Waals surface area (Å²) in [7, 11) is 0. The van der Waals surface area contributed by atoms with Crippen molar-refractivity contribution >= 4 is 43.7 Å². The van der Waals surface area contributed by atoms with Crippen LogP contribution in [-0.2, 0) is 0 Å². The fourth-order valence-corrected chi connectivity index (χ4v) is 4.96. The van der Waals surface area contributed by atoms with E-state index in [4.69, 9.17) is 5.73 Å². The summed E-state index contributed by atoms with van der Waals surface area (Å²) < 4.78 is 0.945. The summed E-state index contributed by atoms with van der Waals surface area (Å²) >= 11 is 3.46. The highest BCUT2D eigenvalue weighted by Crippen LogP contribution is 2.39. The number of phenols is 1. The predicted octanol–water partition coefficient (Wildman–Crippen LogP) is 4.99. The monoisotopic (exact) mass is 529 g/mol. The molecule has 10 heteroatoms. The minimum Gasteiger partial charge on any atom is -0.506 e. The molecule has 0 radical (unpaired) electrons. The first-order chi connectivity index (χ1) is 16.9. The van der Waals surface area contributed by atoms with E-state index in [0.717, 1.165) is 43.1 Å². The number of nitrogen functional groups attached to an aromatic ring is 1.